The van der Waals surface area contributed by atoms with E-state index < -0.39 is 10.0 Å². The first-order valence-electron chi connectivity index (χ1n) is 9.84. The Morgan fingerprint density at radius 1 is 1.10 bits per heavy atom. The zero-order valence-electron chi connectivity index (χ0n) is 17.2. The fourth-order valence-electron chi connectivity index (χ4n) is 3.56. The van der Waals surface area contributed by atoms with Crippen LogP contribution >= 0.6 is 0 Å². The largest absolute Gasteiger partial charge is 0.336 e. The van der Waals surface area contributed by atoms with Gasteiger partial charge >= 0.3 is 0 Å². The Morgan fingerprint density at radius 3 is 2.38 bits per heavy atom. The van der Waals surface area contributed by atoms with Gasteiger partial charge in [-0.1, -0.05) is 42.0 Å². The molecule has 154 valence electrons. The van der Waals surface area contributed by atoms with Crippen LogP contribution in [0.3, 0.4) is 0 Å². The lowest BCUT2D eigenvalue weighted by Crippen LogP contribution is -2.35. The monoisotopic (exact) mass is 412 g/mol. The normalized spacial score (nSPS) is 17.4. The summed E-state index contributed by atoms with van der Waals surface area (Å²) in [6.07, 6.45) is 6.24. The Labute approximate surface area is 173 Å². The molecule has 6 heteroatoms. The standard InChI is InChI=1S/C23H28N2O3S/c1-18-6-8-20(9-7-18)17-21-5-4-16-25(21)23(26)15-12-19-10-13-22(14-11-19)29(27,28)24(2)3/h6-15,21H,4-5,16-17H2,1-3H3/b15-12+. The molecule has 0 N–H and O–H groups in total. The summed E-state index contributed by atoms with van der Waals surface area (Å²) in [7, 11) is -0.434. The molecule has 1 aliphatic heterocycles. The van der Waals surface area contributed by atoms with E-state index in [9.17, 15) is 13.2 Å². The molecule has 1 heterocycles. The SMILES string of the molecule is Cc1ccc(CC2CCCN2C(=O)/C=C/c2ccc(S(=O)(=O)N(C)C)cc2)cc1. The highest BCUT2D eigenvalue weighted by Crippen LogP contribution is 2.22. The third-order valence-electron chi connectivity index (χ3n) is 5.33. The molecule has 1 saturated heterocycles. The number of sulfonamides is 1. The molecule has 0 aromatic heterocycles. The summed E-state index contributed by atoms with van der Waals surface area (Å²) >= 11 is 0. The van der Waals surface area contributed by atoms with E-state index in [-0.39, 0.29) is 16.8 Å². The maximum atomic E-state index is 12.7. The molecule has 1 unspecified atom stereocenters. The fourth-order valence-corrected chi connectivity index (χ4v) is 4.46. The molecule has 0 saturated carbocycles. The summed E-state index contributed by atoms with van der Waals surface area (Å²) in [6, 6.07) is 15.3. The molecule has 5 nitrogen and oxygen atoms in total. The number of benzene rings is 2. The van der Waals surface area contributed by atoms with Crippen LogP contribution in [0.25, 0.3) is 6.08 Å². The van der Waals surface area contributed by atoms with Gasteiger partial charge in [-0.15, -0.1) is 0 Å². The van der Waals surface area contributed by atoms with Crippen molar-refractivity contribution in [3.05, 3.63) is 71.3 Å². The highest BCUT2D eigenvalue weighted by Gasteiger charge is 2.27. The summed E-state index contributed by atoms with van der Waals surface area (Å²) < 4.78 is 25.5. The number of hydrogen-bond donors (Lipinski definition) is 0. The Balaban J connectivity index is 1.65. The lowest BCUT2D eigenvalue weighted by Gasteiger charge is -2.23. The minimum absolute atomic E-state index is 0.00426. The van der Waals surface area contributed by atoms with Crippen molar-refractivity contribution in [2.24, 2.45) is 0 Å². The first-order chi connectivity index (χ1) is 13.8. The number of amides is 1. The molecule has 0 aliphatic carbocycles. The van der Waals surface area contributed by atoms with Crippen LogP contribution in [0, 0.1) is 6.92 Å². The molecular weight excluding hydrogens is 384 g/mol. The first-order valence-corrected chi connectivity index (χ1v) is 11.3. The van der Waals surface area contributed by atoms with Crippen LogP contribution < -0.4 is 0 Å². The van der Waals surface area contributed by atoms with Crippen LogP contribution in [0.1, 0.15) is 29.5 Å². The van der Waals surface area contributed by atoms with Crippen molar-refractivity contribution < 1.29 is 13.2 Å². The number of likely N-dealkylation sites (tertiary alicyclic amines) is 1. The van der Waals surface area contributed by atoms with Gasteiger partial charge in [-0.25, -0.2) is 12.7 Å². The molecule has 1 fully saturated rings. The van der Waals surface area contributed by atoms with Crippen LogP contribution in [-0.4, -0.2) is 50.2 Å². The molecule has 1 amide bonds. The van der Waals surface area contributed by atoms with Crippen molar-refractivity contribution in [1.82, 2.24) is 9.21 Å². The molecule has 2 aromatic carbocycles. The van der Waals surface area contributed by atoms with Crippen LogP contribution in [0.5, 0.6) is 0 Å². The van der Waals surface area contributed by atoms with E-state index in [1.54, 1.807) is 36.4 Å². The van der Waals surface area contributed by atoms with Crippen molar-refractivity contribution in [3.8, 4) is 0 Å². The molecule has 1 aliphatic rings. The van der Waals surface area contributed by atoms with Gasteiger partial charge in [-0.3, -0.25) is 4.79 Å². The molecule has 29 heavy (non-hydrogen) atoms. The van der Waals surface area contributed by atoms with Gasteiger partial charge < -0.3 is 4.90 Å². The highest BCUT2D eigenvalue weighted by atomic mass is 32.2. The Hall–Kier alpha value is -2.44. The molecule has 1 atom stereocenters. The minimum atomic E-state index is -3.44. The first kappa shape index (κ1) is 21.3. The second-order valence-corrected chi connectivity index (χ2v) is 9.86. The van der Waals surface area contributed by atoms with E-state index in [1.165, 1.54) is 29.5 Å². The number of carbonyl (C=O) groups excluding carboxylic acids is 1. The summed E-state index contributed by atoms with van der Waals surface area (Å²) in [6.45, 7) is 2.85. The minimum Gasteiger partial charge on any atom is -0.336 e. The average Bonchev–Trinajstić information content (AvgIpc) is 3.16. The molecule has 0 spiro atoms. The predicted octanol–water partition coefficient (Wildman–Crippen LogP) is 3.49. The number of carbonyl (C=O) groups is 1. The maximum absolute atomic E-state index is 12.7. The van der Waals surface area contributed by atoms with Crippen LogP contribution in [0.4, 0.5) is 0 Å². The topological polar surface area (TPSA) is 57.7 Å². The second kappa shape index (κ2) is 8.93. The Morgan fingerprint density at radius 2 is 1.76 bits per heavy atom. The lowest BCUT2D eigenvalue weighted by molar-refractivity contribution is -0.126. The summed E-state index contributed by atoms with van der Waals surface area (Å²) in [5.74, 6) is 0.00426. The van der Waals surface area contributed by atoms with Crippen LogP contribution in [0.2, 0.25) is 0 Å². The quantitative estimate of drug-likeness (QED) is 0.683. The number of aryl methyl sites for hydroxylation is 1. The van der Waals surface area contributed by atoms with Crippen molar-refractivity contribution in [2.45, 2.75) is 37.1 Å². The van der Waals surface area contributed by atoms with Crippen LogP contribution in [0.15, 0.2) is 59.5 Å². The van der Waals surface area contributed by atoms with E-state index in [2.05, 4.69) is 31.2 Å². The molecular formula is C23H28N2O3S. The molecule has 2 aromatic rings. The number of nitrogens with zero attached hydrogens (tertiary/aromatic N) is 2. The highest BCUT2D eigenvalue weighted by molar-refractivity contribution is 7.89. The van der Waals surface area contributed by atoms with E-state index in [0.29, 0.717) is 0 Å². The predicted molar refractivity (Wildman–Crippen MR) is 116 cm³/mol. The van der Waals surface area contributed by atoms with E-state index in [1.807, 2.05) is 4.90 Å². The summed E-state index contributed by atoms with van der Waals surface area (Å²) in [5.41, 5.74) is 3.28. The summed E-state index contributed by atoms with van der Waals surface area (Å²) in [4.78, 5) is 14.9. The van der Waals surface area contributed by atoms with Crippen molar-refractivity contribution in [3.63, 3.8) is 0 Å². The van der Waals surface area contributed by atoms with Gasteiger partial charge in [0.1, 0.15) is 0 Å². The van der Waals surface area contributed by atoms with Gasteiger partial charge in [0.05, 0.1) is 4.90 Å². The number of rotatable bonds is 6. The van der Waals surface area contributed by atoms with Gasteiger partial charge in [0, 0.05) is 32.8 Å². The molecule has 3 rings (SSSR count). The molecule has 0 radical (unpaired) electrons. The van der Waals surface area contributed by atoms with E-state index in [0.717, 1.165) is 31.4 Å². The zero-order valence-corrected chi connectivity index (χ0v) is 18.0. The molecule has 0 bridgehead atoms. The van der Waals surface area contributed by atoms with Gasteiger partial charge in [0.15, 0.2) is 0 Å². The van der Waals surface area contributed by atoms with Gasteiger partial charge in [-0.2, -0.15) is 0 Å². The van der Waals surface area contributed by atoms with E-state index >= 15 is 0 Å². The van der Waals surface area contributed by atoms with Gasteiger partial charge in [0.25, 0.3) is 0 Å². The second-order valence-electron chi connectivity index (χ2n) is 7.71. The van der Waals surface area contributed by atoms with Gasteiger partial charge in [0.2, 0.25) is 15.9 Å². The zero-order chi connectivity index (χ0) is 21.0. The summed E-state index contributed by atoms with van der Waals surface area (Å²) in [5, 5.41) is 0. The Bertz CT molecular complexity index is 978. The smallest absolute Gasteiger partial charge is 0.246 e. The van der Waals surface area contributed by atoms with Crippen molar-refractivity contribution in [2.75, 3.05) is 20.6 Å². The maximum Gasteiger partial charge on any atom is 0.246 e. The van der Waals surface area contributed by atoms with Crippen molar-refractivity contribution in [1.29, 1.82) is 0 Å². The Kier molecular flexibility index (Phi) is 6.55. The number of hydrogen-bond acceptors (Lipinski definition) is 3. The van der Waals surface area contributed by atoms with Gasteiger partial charge in [-0.05, 0) is 55.5 Å². The van der Waals surface area contributed by atoms with E-state index in [4.69, 9.17) is 0 Å². The van der Waals surface area contributed by atoms with Crippen molar-refractivity contribution >= 4 is 22.0 Å². The fraction of sp³-hybridized carbons (Fsp3) is 0.348. The van der Waals surface area contributed by atoms with Crippen LogP contribution in [-0.2, 0) is 21.2 Å². The average molecular weight is 413 g/mol. The third kappa shape index (κ3) is 5.14. The lowest BCUT2D eigenvalue weighted by atomic mass is 10.0. The third-order valence-corrected chi connectivity index (χ3v) is 7.16.